The Bertz CT molecular complexity index is 410. The van der Waals surface area contributed by atoms with Crippen molar-refractivity contribution in [1.82, 2.24) is 0 Å². The number of methoxy groups -OCH3 is 1. The van der Waals surface area contributed by atoms with E-state index in [9.17, 15) is 4.79 Å². The molecule has 0 saturated heterocycles. The summed E-state index contributed by atoms with van der Waals surface area (Å²) in [5.41, 5.74) is 1.06. The highest BCUT2D eigenvalue weighted by Gasteiger charge is 2.23. The molecule has 1 aliphatic rings. The van der Waals surface area contributed by atoms with Gasteiger partial charge in [-0.15, -0.1) is 0 Å². The maximum absolute atomic E-state index is 10.7. The maximum Gasteiger partial charge on any atom is 0.165 e. The van der Waals surface area contributed by atoms with Gasteiger partial charge in [-0.05, 0) is 31.2 Å². The van der Waals surface area contributed by atoms with Gasteiger partial charge in [-0.1, -0.05) is 19.1 Å². The quantitative estimate of drug-likeness (QED) is 0.724. The van der Waals surface area contributed by atoms with E-state index in [2.05, 4.69) is 0 Å². The number of para-hydroxylation sites is 1. The summed E-state index contributed by atoms with van der Waals surface area (Å²) in [4.78, 5) is 10.7. The summed E-state index contributed by atoms with van der Waals surface area (Å²) >= 11 is 0. The molecule has 1 atom stereocenters. The molecule has 0 heterocycles. The van der Waals surface area contributed by atoms with Gasteiger partial charge < -0.3 is 14.3 Å². The number of carbonyl (C=O) groups is 1. The van der Waals surface area contributed by atoms with Crippen molar-refractivity contribution in [2.75, 3.05) is 7.11 Å². The van der Waals surface area contributed by atoms with Crippen molar-refractivity contribution in [2.24, 2.45) is 0 Å². The second-order valence-electron chi connectivity index (χ2n) is 4.85. The second kappa shape index (κ2) is 5.89. The van der Waals surface area contributed by atoms with Crippen molar-refractivity contribution in [3.63, 3.8) is 0 Å². The first-order valence-electron chi connectivity index (χ1n) is 6.53. The van der Waals surface area contributed by atoms with Crippen LogP contribution in [-0.4, -0.2) is 19.5 Å². The van der Waals surface area contributed by atoms with E-state index in [4.69, 9.17) is 9.47 Å². The zero-order valence-corrected chi connectivity index (χ0v) is 11.0. The predicted octanol–water partition coefficient (Wildman–Crippen LogP) is 3.32. The zero-order valence-electron chi connectivity index (χ0n) is 11.0. The van der Waals surface area contributed by atoms with Gasteiger partial charge in [-0.3, -0.25) is 0 Å². The minimum atomic E-state index is 0.160. The molecule has 1 aliphatic carbocycles. The van der Waals surface area contributed by atoms with Crippen molar-refractivity contribution in [3.05, 3.63) is 23.8 Å². The molecule has 0 bridgehead atoms. The Morgan fingerprint density at radius 3 is 2.78 bits per heavy atom. The molecule has 0 radical (unpaired) electrons. The average molecular weight is 248 g/mol. The number of hydrogen-bond donors (Lipinski definition) is 0. The first kappa shape index (κ1) is 12.9. The van der Waals surface area contributed by atoms with Gasteiger partial charge in [0.25, 0.3) is 0 Å². The van der Waals surface area contributed by atoms with Gasteiger partial charge in [-0.2, -0.15) is 0 Å². The molecule has 1 aromatic carbocycles. The lowest BCUT2D eigenvalue weighted by atomic mass is 9.94. The highest BCUT2D eigenvalue weighted by atomic mass is 16.5. The molecule has 1 aromatic rings. The fourth-order valence-electron chi connectivity index (χ4n) is 2.13. The van der Waals surface area contributed by atoms with Gasteiger partial charge in [0.05, 0.1) is 13.2 Å². The fraction of sp³-hybridized carbons (Fsp3) is 0.533. The van der Waals surface area contributed by atoms with Crippen molar-refractivity contribution >= 4 is 6.29 Å². The van der Waals surface area contributed by atoms with Crippen LogP contribution in [0.2, 0.25) is 0 Å². The molecule has 0 aliphatic heterocycles. The molecule has 1 saturated carbocycles. The third-order valence-corrected chi connectivity index (χ3v) is 3.55. The van der Waals surface area contributed by atoms with Gasteiger partial charge in [0.15, 0.2) is 11.5 Å². The monoisotopic (exact) mass is 248 g/mol. The lowest BCUT2D eigenvalue weighted by Crippen LogP contribution is -2.25. The highest BCUT2D eigenvalue weighted by Crippen LogP contribution is 2.39. The Balaban J connectivity index is 2.27. The zero-order chi connectivity index (χ0) is 13.0. The molecular formula is C15H20O3. The third kappa shape index (κ3) is 2.66. The van der Waals surface area contributed by atoms with Crippen molar-refractivity contribution < 1.29 is 14.3 Å². The number of hydrogen-bond acceptors (Lipinski definition) is 3. The van der Waals surface area contributed by atoms with E-state index in [-0.39, 0.29) is 5.92 Å². The first-order valence-corrected chi connectivity index (χ1v) is 6.53. The van der Waals surface area contributed by atoms with E-state index in [0.29, 0.717) is 12.5 Å². The standard InChI is InChI=1S/C15H20O3/c1-11(9-10-16)13-7-4-8-14(17-2)15(13)18-12-5-3-6-12/h4,7-8,10-12H,3,5-6,9H2,1-2H3. The maximum atomic E-state index is 10.7. The number of carbonyl (C=O) groups excluding carboxylic acids is 1. The summed E-state index contributed by atoms with van der Waals surface area (Å²) in [7, 11) is 1.65. The van der Waals surface area contributed by atoms with Gasteiger partial charge in [-0.25, -0.2) is 0 Å². The topological polar surface area (TPSA) is 35.5 Å². The Morgan fingerprint density at radius 2 is 2.22 bits per heavy atom. The van der Waals surface area contributed by atoms with Crippen LogP contribution >= 0.6 is 0 Å². The Morgan fingerprint density at radius 1 is 1.44 bits per heavy atom. The second-order valence-corrected chi connectivity index (χ2v) is 4.85. The first-order chi connectivity index (χ1) is 8.76. The van der Waals surface area contributed by atoms with Crippen LogP contribution in [0.3, 0.4) is 0 Å². The van der Waals surface area contributed by atoms with E-state index in [0.717, 1.165) is 36.2 Å². The van der Waals surface area contributed by atoms with E-state index < -0.39 is 0 Å². The van der Waals surface area contributed by atoms with E-state index >= 15 is 0 Å². The summed E-state index contributed by atoms with van der Waals surface area (Å²) < 4.78 is 11.4. The van der Waals surface area contributed by atoms with Crippen LogP contribution in [0.1, 0.15) is 44.1 Å². The van der Waals surface area contributed by atoms with Crippen LogP contribution < -0.4 is 9.47 Å². The van der Waals surface area contributed by atoms with Gasteiger partial charge in [0.2, 0.25) is 0 Å². The highest BCUT2D eigenvalue weighted by molar-refractivity contribution is 5.55. The summed E-state index contributed by atoms with van der Waals surface area (Å²) in [6.07, 6.45) is 5.23. The Hall–Kier alpha value is -1.51. The lowest BCUT2D eigenvalue weighted by molar-refractivity contribution is -0.108. The van der Waals surface area contributed by atoms with Crippen LogP contribution in [0.15, 0.2) is 18.2 Å². The number of ether oxygens (including phenoxy) is 2. The van der Waals surface area contributed by atoms with Crippen LogP contribution in [-0.2, 0) is 4.79 Å². The summed E-state index contributed by atoms with van der Waals surface area (Å²) in [6, 6.07) is 5.87. The predicted molar refractivity (Wildman–Crippen MR) is 70.4 cm³/mol. The normalized spacial score (nSPS) is 16.8. The molecule has 1 fully saturated rings. The molecule has 18 heavy (non-hydrogen) atoms. The molecule has 0 N–H and O–H groups in total. The average Bonchev–Trinajstić information content (AvgIpc) is 2.33. The third-order valence-electron chi connectivity index (χ3n) is 3.55. The number of rotatable bonds is 6. The van der Waals surface area contributed by atoms with Crippen LogP contribution in [0, 0.1) is 0 Å². The minimum absolute atomic E-state index is 0.160. The van der Waals surface area contributed by atoms with E-state index in [1.165, 1.54) is 6.42 Å². The Labute approximate surface area is 108 Å². The molecule has 0 spiro atoms. The number of benzene rings is 1. The van der Waals surface area contributed by atoms with E-state index in [1.54, 1.807) is 7.11 Å². The SMILES string of the molecule is COc1cccc(C(C)CC=O)c1OC1CCC1. The summed E-state index contributed by atoms with van der Waals surface area (Å²) in [5, 5.41) is 0. The lowest BCUT2D eigenvalue weighted by Gasteiger charge is -2.29. The van der Waals surface area contributed by atoms with Crippen molar-refractivity contribution in [2.45, 2.75) is 44.6 Å². The summed E-state index contributed by atoms with van der Waals surface area (Å²) in [5.74, 6) is 1.74. The smallest absolute Gasteiger partial charge is 0.165 e. The van der Waals surface area contributed by atoms with Gasteiger partial charge >= 0.3 is 0 Å². The van der Waals surface area contributed by atoms with Crippen LogP contribution in [0.25, 0.3) is 0 Å². The number of aldehydes is 1. The summed E-state index contributed by atoms with van der Waals surface area (Å²) in [6.45, 7) is 2.04. The van der Waals surface area contributed by atoms with Crippen molar-refractivity contribution in [1.29, 1.82) is 0 Å². The molecular weight excluding hydrogens is 228 g/mol. The molecule has 3 heteroatoms. The van der Waals surface area contributed by atoms with Gasteiger partial charge in [0.1, 0.15) is 6.29 Å². The molecule has 3 nitrogen and oxygen atoms in total. The van der Waals surface area contributed by atoms with Gasteiger partial charge in [0, 0.05) is 12.0 Å². The minimum Gasteiger partial charge on any atom is -0.493 e. The largest absolute Gasteiger partial charge is 0.493 e. The molecule has 0 aromatic heterocycles. The van der Waals surface area contributed by atoms with E-state index in [1.807, 2.05) is 25.1 Å². The molecule has 0 amide bonds. The fourth-order valence-corrected chi connectivity index (χ4v) is 2.13. The molecule has 98 valence electrons. The Kier molecular flexibility index (Phi) is 4.24. The van der Waals surface area contributed by atoms with Crippen molar-refractivity contribution in [3.8, 4) is 11.5 Å². The van der Waals surface area contributed by atoms with Crippen LogP contribution in [0.4, 0.5) is 0 Å². The molecule has 2 rings (SSSR count). The van der Waals surface area contributed by atoms with Crippen LogP contribution in [0.5, 0.6) is 11.5 Å². The molecule has 1 unspecified atom stereocenters.